The van der Waals surface area contributed by atoms with E-state index in [-0.39, 0.29) is 17.2 Å². The molecular weight excluding hydrogens is 520 g/mol. The Morgan fingerprint density at radius 2 is 1.79 bits per heavy atom. The minimum atomic E-state index is -0.941. The third-order valence-corrected chi connectivity index (χ3v) is 11.2. The van der Waals surface area contributed by atoms with Crippen LogP contribution in [0.5, 0.6) is 5.75 Å². The van der Waals surface area contributed by atoms with E-state index in [2.05, 4.69) is 51.2 Å². The fourth-order valence-corrected chi connectivity index (χ4v) is 9.62. The zero-order valence-electron chi connectivity index (χ0n) is 24.6. The maximum atomic E-state index is 13.1. The lowest BCUT2D eigenvalue weighted by molar-refractivity contribution is -0.0894. The van der Waals surface area contributed by atoms with Crippen LogP contribution in [0.15, 0.2) is 60.8 Å². The van der Waals surface area contributed by atoms with Gasteiger partial charge in [-0.3, -0.25) is 9.88 Å². The van der Waals surface area contributed by atoms with Crippen molar-refractivity contribution in [2.24, 2.45) is 11.3 Å². The van der Waals surface area contributed by atoms with Crippen LogP contribution in [0, 0.1) is 11.3 Å². The molecule has 1 aliphatic carbocycles. The van der Waals surface area contributed by atoms with Crippen LogP contribution in [0.2, 0.25) is 0 Å². The number of fused-ring (bicyclic) bond motifs is 5. The van der Waals surface area contributed by atoms with E-state index in [1.807, 2.05) is 18.3 Å². The molecule has 6 heteroatoms. The van der Waals surface area contributed by atoms with Gasteiger partial charge in [-0.05, 0) is 126 Å². The summed E-state index contributed by atoms with van der Waals surface area (Å²) >= 11 is 0. The van der Waals surface area contributed by atoms with E-state index < -0.39 is 5.60 Å². The molecule has 6 nitrogen and oxygen atoms in total. The van der Waals surface area contributed by atoms with Crippen molar-refractivity contribution in [3.63, 3.8) is 0 Å². The van der Waals surface area contributed by atoms with Crippen molar-refractivity contribution < 1.29 is 10.2 Å². The van der Waals surface area contributed by atoms with Gasteiger partial charge in [-0.2, -0.15) is 0 Å². The average molecular weight is 565 g/mol. The maximum Gasteiger partial charge on any atom is 0.116 e. The Kier molecular flexibility index (Phi) is 6.58. The van der Waals surface area contributed by atoms with E-state index in [0.29, 0.717) is 12.0 Å². The van der Waals surface area contributed by atoms with Crippen molar-refractivity contribution in [2.45, 2.75) is 81.9 Å². The van der Waals surface area contributed by atoms with E-state index in [1.165, 1.54) is 31.3 Å². The molecular formula is C36H44N4O2. The number of piperidine rings is 1. The van der Waals surface area contributed by atoms with E-state index >= 15 is 0 Å². The second-order valence-electron chi connectivity index (χ2n) is 13.7. The molecule has 1 unspecified atom stereocenters. The van der Waals surface area contributed by atoms with Gasteiger partial charge in [0, 0.05) is 40.5 Å². The molecule has 0 radical (unpaired) electrons. The molecule has 220 valence electrons. The van der Waals surface area contributed by atoms with E-state index in [4.69, 9.17) is 4.98 Å². The number of aromatic hydroxyl groups is 1. The summed E-state index contributed by atoms with van der Waals surface area (Å²) in [6.45, 7) is 4.36. The second-order valence-corrected chi connectivity index (χ2v) is 13.7. The predicted octanol–water partition coefficient (Wildman–Crippen LogP) is 6.56. The smallest absolute Gasteiger partial charge is 0.116 e. The van der Waals surface area contributed by atoms with Gasteiger partial charge in [0.25, 0.3) is 0 Å². The lowest BCUT2D eigenvalue weighted by Gasteiger charge is -2.58. The quantitative estimate of drug-likeness (QED) is 0.292. The van der Waals surface area contributed by atoms with Crippen LogP contribution in [-0.2, 0) is 0 Å². The number of aromatic nitrogens is 2. The monoisotopic (exact) mass is 564 g/mol. The number of hydrogen-bond donors (Lipinski definition) is 3. The number of phenols is 1. The Hall–Kier alpha value is -2.93. The van der Waals surface area contributed by atoms with Crippen molar-refractivity contribution in [1.82, 2.24) is 19.8 Å². The van der Waals surface area contributed by atoms with Gasteiger partial charge in [-0.25, -0.2) is 0 Å². The zero-order valence-corrected chi connectivity index (χ0v) is 24.6. The van der Waals surface area contributed by atoms with Crippen LogP contribution in [-0.4, -0.2) is 73.8 Å². The van der Waals surface area contributed by atoms with Gasteiger partial charge in [0.15, 0.2) is 0 Å². The predicted molar refractivity (Wildman–Crippen MR) is 169 cm³/mol. The summed E-state index contributed by atoms with van der Waals surface area (Å²) in [5, 5.41) is 25.4. The number of allylic oxidation sites excluding steroid dienone is 4. The first-order chi connectivity index (χ1) is 20.6. The zero-order chi connectivity index (χ0) is 28.3. The van der Waals surface area contributed by atoms with Crippen LogP contribution < -0.4 is 0 Å². The van der Waals surface area contributed by atoms with Crippen LogP contribution >= 0.6 is 0 Å². The molecule has 1 aromatic carbocycles. The number of aromatic amines is 1. The van der Waals surface area contributed by atoms with E-state index in [0.717, 1.165) is 92.2 Å². The molecule has 5 aliphatic rings. The lowest BCUT2D eigenvalue weighted by Crippen LogP contribution is -2.65. The van der Waals surface area contributed by atoms with Gasteiger partial charge in [0.2, 0.25) is 0 Å². The van der Waals surface area contributed by atoms with Crippen molar-refractivity contribution in [2.75, 3.05) is 26.2 Å². The topological polar surface area (TPSA) is 75.6 Å². The largest absolute Gasteiger partial charge is 0.508 e. The third kappa shape index (κ3) is 4.21. The number of H-pyrrole nitrogens is 1. The number of rotatable bonds is 1. The van der Waals surface area contributed by atoms with Crippen molar-refractivity contribution in [1.29, 1.82) is 0 Å². The molecule has 3 aromatic rings. The molecule has 4 aliphatic heterocycles. The van der Waals surface area contributed by atoms with Gasteiger partial charge < -0.3 is 20.1 Å². The first-order valence-corrected chi connectivity index (χ1v) is 16.4. The van der Waals surface area contributed by atoms with Gasteiger partial charge in [0.05, 0.1) is 22.9 Å². The third-order valence-electron chi connectivity index (χ3n) is 11.2. The average Bonchev–Trinajstić information content (AvgIpc) is 3.48. The van der Waals surface area contributed by atoms with Crippen molar-refractivity contribution >= 4 is 27.4 Å². The number of nitrogens with zero attached hydrogens (tertiary/aromatic N) is 3. The number of phenolic OH excluding ortho intramolecular Hbond substituents is 1. The summed E-state index contributed by atoms with van der Waals surface area (Å²) in [6.07, 6.45) is 24.7. The number of aliphatic hydroxyl groups is 1. The summed E-state index contributed by atoms with van der Waals surface area (Å²) in [7, 11) is 0. The molecule has 6 atom stereocenters. The van der Waals surface area contributed by atoms with Gasteiger partial charge in [-0.1, -0.05) is 24.3 Å². The van der Waals surface area contributed by atoms with Crippen LogP contribution in [0.3, 0.4) is 0 Å². The maximum absolute atomic E-state index is 13.1. The Morgan fingerprint density at radius 1 is 0.929 bits per heavy atom. The number of benzene rings is 1. The van der Waals surface area contributed by atoms with Gasteiger partial charge in [0.1, 0.15) is 5.75 Å². The van der Waals surface area contributed by atoms with Crippen LogP contribution in [0.1, 0.15) is 69.9 Å². The lowest BCUT2D eigenvalue weighted by atomic mass is 9.54. The first kappa shape index (κ1) is 26.7. The highest BCUT2D eigenvalue weighted by Crippen LogP contribution is 2.61. The standard InChI is InChI=1S/C36H44N4O2/c41-26-12-13-31-28(21-26)27-14-17-37-32(33(27)38-31)29-23-36(42)16-8-4-1-2-5-9-18-39-20-15-30(29)35(24-39)22-25-11-7-3-6-10-19-40(25)34(35)36/h1,4,7,11-14,17,21,23,25,30,34,38,41-42H,2-3,5-6,8-10,15-16,18-20,22,24H2/b4-1-,11-7-/t25-,30-,34+,35-,36+/m0/s1. The summed E-state index contributed by atoms with van der Waals surface area (Å²) < 4.78 is 0. The van der Waals surface area contributed by atoms with Gasteiger partial charge >= 0.3 is 0 Å². The molecule has 8 rings (SSSR count). The normalized spacial score (nSPS) is 37.0. The molecule has 42 heavy (non-hydrogen) atoms. The highest BCUT2D eigenvalue weighted by molar-refractivity contribution is 6.10. The Bertz CT molecular complexity index is 1590. The molecule has 2 fully saturated rings. The van der Waals surface area contributed by atoms with Crippen molar-refractivity contribution in [3.05, 3.63) is 66.5 Å². The minimum absolute atomic E-state index is 0.0394. The molecule has 2 saturated heterocycles. The summed E-state index contributed by atoms with van der Waals surface area (Å²) in [6, 6.07) is 8.08. The number of hydrogen-bond acceptors (Lipinski definition) is 5. The Balaban J connectivity index is 1.35. The highest BCUT2D eigenvalue weighted by atomic mass is 16.3. The first-order valence-electron chi connectivity index (χ1n) is 16.4. The molecule has 2 aromatic heterocycles. The molecule has 0 saturated carbocycles. The number of pyridine rings is 1. The molecule has 1 spiro atoms. The summed E-state index contributed by atoms with van der Waals surface area (Å²) in [4.78, 5) is 14.2. The van der Waals surface area contributed by atoms with Gasteiger partial charge in [-0.15, -0.1) is 0 Å². The van der Waals surface area contributed by atoms with Crippen LogP contribution in [0.25, 0.3) is 27.4 Å². The summed E-state index contributed by atoms with van der Waals surface area (Å²) in [5.41, 5.74) is 3.25. The molecule has 6 heterocycles. The van der Waals surface area contributed by atoms with E-state index in [9.17, 15) is 10.2 Å². The fourth-order valence-electron chi connectivity index (χ4n) is 9.62. The van der Waals surface area contributed by atoms with Crippen molar-refractivity contribution in [3.8, 4) is 5.75 Å². The summed E-state index contributed by atoms with van der Waals surface area (Å²) in [5.74, 6) is 0.606. The second kappa shape index (κ2) is 10.4. The Labute approximate surface area is 248 Å². The SMILES string of the molecule is Oc1ccc2[nH]c3c(C4=C[C@]5(O)CC/C=C\CCCCN6CC[C@@H]4[C@]4(C[C@@H]7/C=C\CCCCN7[C@H]45)C6)nccc3c2c1. The molecule has 0 amide bonds. The minimum Gasteiger partial charge on any atom is -0.508 e. The van der Waals surface area contributed by atoms with E-state index in [1.54, 1.807) is 6.07 Å². The van der Waals surface area contributed by atoms with Crippen LogP contribution in [0.4, 0.5) is 0 Å². The highest BCUT2D eigenvalue weighted by Gasteiger charge is 2.65. The fraction of sp³-hybridized carbons (Fsp3) is 0.528. The molecule has 3 N–H and O–H groups in total. The number of nitrogens with one attached hydrogen (secondary N) is 1. The molecule has 3 bridgehead atoms. The Morgan fingerprint density at radius 3 is 2.71 bits per heavy atom.